The SMILES string of the molecule is CC(COC=O)c1ncoc1-c1cccc(C(F)(F)F)c1. The van der Waals surface area contributed by atoms with Crippen LogP contribution in [0.3, 0.4) is 0 Å². The molecule has 0 saturated carbocycles. The lowest BCUT2D eigenvalue weighted by Gasteiger charge is -2.10. The molecule has 0 spiro atoms. The van der Waals surface area contributed by atoms with E-state index in [2.05, 4.69) is 9.72 Å². The Morgan fingerprint density at radius 3 is 2.86 bits per heavy atom. The lowest BCUT2D eigenvalue weighted by atomic mass is 10.0. The van der Waals surface area contributed by atoms with Crippen LogP contribution in [-0.2, 0) is 15.7 Å². The second-order valence-electron chi connectivity index (χ2n) is 4.48. The van der Waals surface area contributed by atoms with E-state index in [0.717, 1.165) is 18.5 Å². The summed E-state index contributed by atoms with van der Waals surface area (Å²) in [6.07, 6.45) is -3.27. The average Bonchev–Trinajstić information content (AvgIpc) is 2.93. The molecule has 1 aromatic carbocycles. The summed E-state index contributed by atoms with van der Waals surface area (Å²) in [7, 11) is 0. The zero-order valence-corrected chi connectivity index (χ0v) is 11.1. The highest BCUT2D eigenvalue weighted by Crippen LogP contribution is 2.34. The van der Waals surface area contributed by atoms with Gasteiger partial charge in [-0.25, -0.2) is 4.98 Å². The van der Waals surface area contributed by atoms with Gasteiger partial charge in [-0.05, 0) is 12.1 Å². The Morgan fingerprint density at radius 2 is 2.19 bits per heavy atom. The first kappa shape index (κ1) is 15.1. The molecule has 1 atom stereocenters. The van der Waals surface area contributed by atoms with Crippen molar-refractivity contribution >= 4 is 6.47 Å². The Kier molecular flexibility index (Phi) is 4.30. The number of rotatable bonds is 5. The molecule has 0 aliphatic rings. The fraction of sp³-hybridized carbons (Fsp3) is 0.286. The molecule has 1 unspecified atom stereocenters. The third kappa shape index (κ3) is 3.42. The molecule has 0 N–H and O–H groups in total. The molecule has 0 radical (unpaired) electrons. The van der Waals surface area contributed by atoms with Crippen molar-refractivity contribution in [3.8, 4) is 11.3 Å². The standard InChI is InChI=1S/C14H12F3NO3/c1-9(6-20-8-19)12-13(21-7-18-12)10-3-2-4-11(5-10)14(15,16)17/h2-5,7-9H,6H2,1H3. The maximum atomic E-state index is 12.7. The Balaban J connectivity index is 2.35. The maximum Gasteiger partial charge on any atom is 0.416 e. The number of nitrogens with zero attached hydrogens (tertiary/aromatic N) is 1. The second-order valence-corrected chi connectivity index (χ2v) is 4.48. The van der Waals surface area contributed by atoms with Gasteiger partial charge in [0.2, 0.25) is 0 Å². The Morgan fingerprint density at radius 1 is 1.43 bits per heavy atom. The first-order chi connectivity index (χ1) is 9.93. The maximum absolute atomic E-state index is 12.7. The van der Waals surface area contributed by atoms with Gasteiger partial charge in [0.15, 0.2) is 12.2 Å². The molecule has 2 rings (SSSR count). The van der Waals surface area contributed by atoms with Crippen molar-refractivity contribution < 1.29 is 27.1 Å². The minimum Gasteiger partial charge on any atom is -0.467 e. The molecule has 112 valence electrons. The van der Waals surface area contributed by atoms with E-state index in [0.29, 0.717) is 12.2 Å². The first-order valence-corrected chi connectivity index (χ1v) is 6.09. The quantitative estimate of drug-likeness (QED) is 0.791. The largest absolute Gasteiger partial charge is 0.467 e. The molecule has 0 saturated heterocycles. The van der Waals surface area contributed by atoms with E-state index in [1.54, 1.807) is 6.92 Å². The van der Waals surface area contributed by atoms with Crippen molar-refractivity contribution in [2.24, 2.45) is 0 Å². The molecular formula is C14H12F3NO3. The van der Waals surface area contributed by atoms with E-state index in [4.69, 9.17) is 4.42 Å². The molecule has 2 aromatic rings. The Hall–Kier alpha value is -2.31. The van der Waals surface area contributed by atoms with Crippen molar-refractivity contribution in [1.82, 2.24) is 4.98 Å². The summed E-state index contributed by atoms with van der Waals surface area (Å²) >= 11 is 0. The molecule has 0 amide bonds. The average molecular weight is 299 g/mol. The minimum atomic E-state index is -4.43. The minimum absolute atomic E-state index is 0.0714. The van der Waals surface area contributed by atoms with Gasteiger partial charge in [0.25, 0.3) is 6.47 Å². The zero-order valence-electron chi connectivity index (χ0n) is 11.1. The number of halogens is 3. The Labute approximate surface area is 118 Å². The summed E-state index contributed by atoms with van der Waals surface area (Å²) in [4.78, 5) is 14.2. The number of aromatic nitrogens is 1. The van der Waals surface area contributed by atoms with Crippen molar-refractivity contribution in [2.75, 3.05) is 6.61 Å². The van der Waals surface area contributed by atoms with Gasteiger partial charge < -0.3 is 9.15 Å². The zero-order chi connectivity index (χ0) is 15.5. The highest BCUT2D eigenvalue weighted by molar-refractivity contribution is 5.61. The molecule has 0 aliphatic heterocycles. The number of oxazole rings is 1. The van der Waals surface area contributed by atoms with Crippen LogP contribution in [0.2, 0.25) is 0 Å². The van der Waals surface area contributed by atoms with Crippen LogP contribution >= 0.6 is 0 Å². The lowest BCUT2D eigenvalue weighted by Crippen LogP contribution is -2.06. The molecule has 4 nitrogen and oxygen atoms in total. The molecule has 1 aromatic heterocycles. The Bertz CT molecular complexity index is 622. The van der Waals surface area contributed by atoms with E-state index < -0.39 is 11.7 Å². The monoisotopic (exact) mass is 299 g/mol. The number of carbonyl (C=O) groups is 1. The van der Waals surface area contributed by atoms with E-state index in [1.807, 2.05) is 0 Å². The predicted molar refractivity (Wildman–Crippen MR) is 67.4 cm³/mol. The first-order valence-electron chi connectivity index (χ1n) is 6.09. The fourth-order valence-corrected chi connectivity index (χ4v) is 1.92. The summed E-state index contributed by atoms with van der Waals surface area (Å²) in [6, 6.07) is 4.79. The molecule has 1 heterocycles. The van der Waals surface area contributed by atoms with E-state index in [-0.39, 0.29) is 23.8 Å². The van der Waals surface area contributed by atoms with Gasteiger partial charge >= 0.3 is 6.18 Å². The molecule has 0 bridgehead atoms. The number of carbonyl (C=O) groups excluding carboxylic acids is 1. The smallest absolute Gasteiger partial charge is 0.416 e. The normalized spacial score (nSPS) is 13.0. The lowest BCUT2D eigenvalue weighted by molar-refractivity contribution is -0.137. The van der Waals surface area contributed by atoms with Crippen LogP contribution in [0.4, 0.5) is 13.2 Å². The van der Waals surface area contributed by atoms with Gasteiger partial charge in [-0.15, -0.1) is 0 Å². The number of hydrogen-bond donors (Lipinski definition) is 0. The predicted octanol–water partition coefficient (Wildman–Crippen LogP) is 3.64. The van der Waals surface area contributed by atoms with Crippen LogP contribution < -0.4 is 0 Å². The summed E-state index contributed by atoms with van der Waals surface area (Å²) in [5.41, 5.74) is -0.0504. The van der Waals surface area contributed by atoms with Gasteiger partial charge in [-0.2, -0.15) is 13.2 Å². The third-order valence-electron chi connectivity index (χ3n) is 2.93. The molecule has 21 heavy (non-hydrogen) atoms. The topological polar surface area (TPSA) is 52.3 Å². The summed E-state index contributed by atoms with van der Waals surface area (Å²) < 4.78 is 48.0. The van der Waals surface area contributed by atoms with Gasteiger partial charge in [0.1, 0.15) is 0 Å². The summed E-state index contributed by atoms with van der Waals surface area (Å²) in [6.45, 7) is 2.11. The highest BCUT2D eigenvalue weighted by Gasteiger charge is 2.31. The molecule has 7 heteroatoms. The number of alkyl halides is 3. The number of benzene rings is 1. The van der Waals surface area contributed by atoms with Crippen LogP contribution in [0.15, 0.2) is 35.1 Å². The number of hydrogen-bond acceptors (Lipinski definition) is 4. The van der Waals surface area contributed by atoms with Gasteiger partial charge in [-0.3, -0.25) is 4.79 Å². The fourth-order valence-electron chi connectivity index (χ4n) is 1.92. The van der Waals surface area contributed by atoms with Crippen LogP contribution in [0, 0.1) is 0 Å². The molecule has 0 aliphatic carbocycles. The van der Waals surface area contributed by atoms with Crippen molar-refractivity contribution in [3.05, 3.63) is 41.9 Å². The van der Waals surface area contributed by atoms with Crippen LogP contribution in [-0.4, -0.2) is 18.1 Å². The van der Waals surface area contributed by atoms with Crippen LogP contribution in [0.25, 0.3) is 11.3 Å². The van der Waals surface area contributed by atoms with Gasteiger partial charge in [0.05, 0.1) is 17.9 Å². The summed E-state index contributed by atoms with van der Waals surface area (Å²) in [5.74, 6) is -0.0541. The summed E-state index contributed by atoms with van der Waals surface area (Å²) in [5, 5.41) is 0. The second kappa shape index (κ2) is 5.99. The molecular weight excluding hydrogens is 287 g/mol. The van der Waals surface area contributed by atoms with Crippen LogP contribution in [0.5, 0.6) is 0 Å². The molecule has 0 fully saturated rings. The van der Waals surface area contributed by atoms with E-state index >= 15 is 0 Å². The van der Waals surface area contributed by atoms with Crippen LogP contribution in [0.1, 0.15) is 24.1 Å². The van der Waals surface area contributed by atoms with E-state index in [1.165, 1.54) is 12.1 Å². The van der Waals surface area contributed by atoms with Crippen molar-refractivity contribution in [1.29, 1.82) is 0 Å². The van der Waals surface area contributed by atoms with E-state index in [9.17, 15) is 18.0 Å². The van der Waals surface area contributed by atoms with Gasteiger partial charge in [0, 0.05) is 11.5 Å². The van der Waals surface area contributed by atoms with Crippen molar-refractivity contribution in [3.63, 3.8) is 0 Å². The highest BCUT2D eigenvalue weighted by atomic mass is 19.4. The van der Waals surface area contributed by atoms with Crippen molar-refractivity contribution in [2.45, 2.75) is 19.0 Å². The van der Waals surface area contributed by atoms with Gasteiger partial charge in [-0.1, -0.05) is 19.1 Å². The number of ether oxygens (including phenoxy) is 1. The third-order valence-corrected chi connectivity index (χ3v) is 2.93.